The molecule has 1 aliphatic rings. The van der Waals surface area contributed by atoms with Crippen LogP contribution in [0.1, 0.15) is 69.6 Å². The first kappa shape index (κ1) is 23.5. The maximum atomic E-state index is 12.9. The minimum atomic E-state index is -1.08. The predicted octanol–water partition coefficient (Wildman–Crippen LogP) is 3.11. The number of esters is 1. The number of ether oxygens (including phenoxy) is 1. The van der Waals surface area contributed by atoms with Gasteiger partial charge in [0.1, 0.15) is 11.4 Å². The molecular weight excluding hydrogens is 408 g/mol. The largest absolute Gasteiger partial charge is 0.449 e. The highest BCUT2D eigenvalue weighted by Crippen LogP contribution is 2.18. The fourth-order valence-corrected chi connectivity index (χ4v) is 3.66. The van der Waals surface area contributed by atoms with Crippen LogP contribution < -0.4 is 10.9 Å². The number of fused-ring (bicyclic) bond motifs is 2. The molecule has 0 radical (unpaired) electrons. The van der Waals surface area contributed by atoms with Crippen LogP contribution in [-0.2, 0) is 22.5 Å². The lowest BCUT2D eigenvalue weighted by atomic mass is 9.90. The molecule has 0 spiro atoms. The summed E-state index contributed by atoms with van der Waals surface area (Å²) < 4.78 is 7.07. The second-order valence-corrected chi connectivity index (χ2v) is 8.89. The first-order valence-corrected chi connectivity index (χ1v) is 11.1. The maximum Gasteiger partial charge on any atom is 0.338 e. The van der Waals surface area contributed by atoms with Crippen LogP contribution in [-0.4, -0.2) is 33.1 Å². The molecule has 2 atom stereocenters. The number of benzene rings is 1. The summed E-state index contributed by atoms with van der Waals surface area (Å²) in [6.07, 6.45) is 3.78. The number of carbonyl (C=O) groups is 2. The van der Waals surface area contributed by atoms with E-state index in [0.717, 1.165) is 37.9 Å². The summed E-state index contributed by atoms with van der Waals surface area (Å²) in [6.45, 7) is 7.40. The Labute approximate surface area is 187 Å². The zero-order valence-electron chi connectivity index (χ0n) is 19.1. The van der Waals surface area contributed by atoms with Crippen LogP contribution >= 0.6 is 0 Å². The van der Waals surface area contributed by atoms with Crippen molar-refractivity contribution in [2.24, 2.45) is 5.92 Å². The van der Waals surface area contributed by atoms with Crippen molar-refractivity contribution in [3.63, 3.8) is 0 Å². The average molecular weight is 439 g/mol. The second-order valence-electron chi connectivity index (χ2n) is 8.89. The molecule has 1 aromatic heterocycles. The Kier molecular flexibility index (Phi) is 6.97. The number of hydrogen-bond donors (Lipinski definition) is 1. The monoisotopic (exact) mass is 438 g/mol. The molecule has 1 aliphatic heterocycles. The van der Waals surface area contributed by atoms with Crippen LogP contribution in [0.2, 0.25) is 0 Å². The van der Waals surface area contributed by atoms with Gasteiger partial charge < -0.3 is 10.1 Å². The third kappa shape index (κ3) is 4.82. The van der Waals surface area contributed by atoms with Crippen molar-refractivity contribution in [1.82, 2.24) is 14.9 Å². The van der Waals surface area contributed by atoms with Gasteiger partial charge in [-0.1, -0.05) is 26.7 Å². The maximum absolute atomic E-state index is 12.9. The minimum Gasteiger partial charge on any atom is -0.449 e. The number of aryl methyl sites for hydroxylation is 1. The van der Waals surface area contributed by atoms with Gasteiger partial charge in [0, 0.05) is 13.0 Å². The van der Waals surface area contributed by atoms with E-state index >= 15 is 0 Å². The van der Waals surface area contributed by atoms with Crippen molar-refractivity contribution in [2.75, 3.05) is 0 Å². The van der Waals surface area contributed by atoms with Gasteiger partial charge in [0.25, 0.3) is 11.5 Å². The third-order valence-corrected chi connectivity index (χ3v) is 6.23. The van der Waals surface area contributed by atoms with Gasteiger partial charge in [-0.15, -0.1) is 0 Å². The van der Waals surface area contributed by atoms with E-state index in [0.29, 0.717) is 17.4 Å². The molecule has 170 valence electrons. The molecule has 8 nitrogen and oxygen atoms in total. The smallest absolute Gasteiger partial charge is 0.338 e. The molecule has 8 heteroatoms. The lowest BCUT2D eigenvalue weighted by Crippen LogP contribution is -2.52. The molecule has 2 aromatic rings. The van der Waals surface area contributed by atoms with Gasteiger partial charge in [-0.25, -0.2) is 9.78 Å². The van der Waals surface area contributed by atoms with E-state index in [-0.39, 0.29) is 17.0 Å². The van der Waals surface area contributed by atoms with E-state index in [2.05, 4.69) is 16.4 Å². The minimum absolute atomic E-state index is 0.0935. The van der Waals surface area contributed by atoms with Gasteiger partial charge in [0.15, 0.2) is 6.10 Å². The summed E-state index contributed by atoms with van der Waals surface area (Å²) in [4.78, 5) is 42.7. The molecular formula is C24H30N4O4. The molecule has 1 amide bonds. The average Bonchev–Trinajstić information content (AvgIpc) is 2.74. The Morgan fingerprint density at radius 1 is 1.22 bits per heavy atom. The molecule has 1 aromatic carbocycles. The quantitative estimate of drug-likeness (QED) is 0.718. The Bertz CT molecular complexity index is 1130. The lowest BCUT2D eigenvalue weighted by Gasteiger charge is -2.28. The van der Waals surface area contributed by atoms with Crippen molar-refractivity contribution in [1.29, 1.82) is 5.26 Å². The number of rotatable bonds is 5. The van der Waals surface area contributed by atoms with Gasteiger partial charge in [-0.05, 0) is 50.8 Å². The number of hydrogen-bond acceptors (Lipinski definition) is 6. The van der Waals surface area contributed by atoms with E-state index in [1.54, 1.807) is 17.6 Å². The fourth-order valence-electron chi connectivity index (χ4n) is 3.66. The molecule has 0 saturated carbocycles. The highest BCUT2D eigenvalue weighted by atomic mass is 16.5. The summed E-state index contributed by atoms with van der Waals surface area (Å²) in [5.41, 5.74) is -0.496. The van der Waals surface area contributed by atoms with Gasteiger partial charge in [-0.3, -0.25) is 14.2 Å². The Morgan fingerprint density at radius 2 is 1.94 bits per heavy atom. The molecule has 2 heterocycles. The Balaban J connectivity index is 1.81. The molecule has 2 unspecified atom stereocenters. The highest BCUT2D eigenvalue weighted by Gasteiger charge is 2.32. The second kappa shape index (κ2) is 9.51. The van der Waals surface area contributed by atoms with Gasteiger partial charge >= 0.3 is 5.97 Å². The normalized spacial score (nSPS) is 16.8. The SMILES string of the molecule is CC(OC(=O)c1ccc2c(=O)n3c(nc2c1)CCCCCC3)C(=O)NC(C)(C#N)C(C)C. The van der Waals surface area contributed by atoms with Crippen LogP contribution in [0.15, 0.2) is 23.0 Å². The van der Waals surface area contributed by atoms with Crippen molar-refractivity contribution < 1.29 is 14.3 Å². The van der Waals surface area contributed by atoms with Gasteiger partial charge in [0.05, 0.1) is 22.5 Å². The lowest BCUT2D eigenvalue weighted by molar-refractivity contribution is -0.130. The summed E-state index contributed by atoms with van der Waals surface area (Å²) >= 11 is 0. The number of nitrogens with one attached hydrogen (secondary N) is 1. The Hall–Kier alpha value is -3.21. The Morgan fingerprint density at radius 3 is 2.62 bits per heavy atom. The molecule has 0 saturated heterocycles. The predicted molar refractivity (Wildman–Crippen MR) is 120 cm³/mol. The topological polar surface area (TPSA) is 114 Å². The van der Waals surface area contributed by atoms with E-state index < -0.39 is 23.5 Å². The number of aromatic nitrogens is 2. The van der Waals surface area contributed by atoms with Gasteiger partial charge in [0.2, 0.25) is 0 Å². The molecule has 0 fully saturated rings. The first-order chi connectivity index (χ1) is 15.2. The van der Waals surface area contributed by atoms with E-state index in [4.69, 9.17) is 4.74 Å². The third-order valence-electron chi connectivity index (χ3n) is 6.23. The molecule has 0 bridgehead atoms. The van der Waals surface area contributed by atoms with Crippen LogP contribution in [0.3, 0.4) is 0 Å². The van der Waals surface area contributed by atoms with Crippen molar-refractivity contribution in [3.8, 4) is 6.07 Å². The molecule has 1 N–H and O–H groups in total. The zero-order chi connectivity index (χ0) is 23.5. The number of amides is 1. The first-order valence-electron chi connectivity index (χ1n) is 11.1. The number of carbonyl (C=O) groups excluding carboxylic acids is 2. The van der Waals surface area contributed by atoms with E-state index in [1.807, 2.05) is 13.8 Å². The number of nitriles is 1. The van der Waals surface area contributed by atoms with Crippen molar-refractivity contribution >= 4 is 22.8 Å². The van der Waals surface area contributed by atoms with E-state index in [9.17, 15) is 19.6 Å². The summed E-state index contributed by atoms with van der Waals surface area (Å²) in [5, 5.41) is 12.5. The molecule has 32 heavy (non-hydrogen) atoms. The van der Waals surface area contributed by atoms with Crippen molar-refractivity contribution in [2.45, 2.75) is 78.0 Å². The van der Waals surface area contributed by atoms with Crippen LogP contribution in [0.4, 0.5) is 0 Å². The summed E-state index contributed by atoms with van der Waals surface area (Å²) in [6, 6.07) is 6.74. The summed E-state index contributed by atoms with van der Waals surface area (Å²) in [5.74, 6) is -0.615. The van der Waals surface area contributed by atoms with Crippen LogP contribution in [0.25, 0.3) is 10.9 Å². The number of nitrogens with zero attached hydrogens (tertiary/aromatic N) is 3. The van der Waals surface area contributed by atoms with Crippen LogP contribution in [0.5, 0.6) is 0 Å². The van der Waals surface area contributed by atoms with Crippen LogP contribution in [0, 0.1) is 17.2 Å². The molecule has 0 aliphatic carbocycles. The highest BCUT2D eigenvalue weighted by molar-refractivity contribution is 5.95. The summed E-state index contributed by atoms with van der Waals surface area (Å²) in [7, 11) is 0. The van der Waals surface area contributed by atoms with Gasteiger partial charge in [-0.2, -0.15) is 5.26 Å². The zero-order valence-corrected chi connectivity index (χ0v) is 19.1. The van der Waals surface area contributed by atoms with Crippen molar-refractivity contribution in [3.05, 3.63) is 39.9 Å². The standard InChI is InChI=1S/C24H30N4O4/c1-15(2)24(4,14-25)27-21(29)16(3)32-23(31)17-10-11-18-19(13-17)26-20-9-7-5-6-8-12-28(20)22(18)30/h10-11,13,15-16H,5-9,12H2,1-4H3,(H,27,29). The van der Waals surface area contributed by atoms with E-state index in [1.165, 1.54) is 19.1 Å². The molecule has 3 rings (SSSR count). The fraction of sp³-hybridized carbons (Fsp3) is 0.542.